The Hall–Kier alpha value is -1.20. The molecule has 17 heavy (non-hydrogen) atoms. The number of aliphatic hydroxyl groups excluding tert-OH is 1. The molecule has 0 fully saturated rings. The van der Waals surface area contributed by atoms with E-state index in [4.69, 9.17) is 0 Å². The molecule has 1 aromatic carbocycles. The zero-order valence-electron chi connectivity index (χ0n) is 9.53. The number of rotatable bonds is 2. The molecule has 1 N–H and O–H groups in total. The number of hydrogen-bond acceptors (Lipinski definition) is 3. The summed E-state index contributed by atoms with van der Waals surface area (Å²) in [6.07, 6.45) is 0. The minimum Gasteiger partial charge on any atom is -0.394 e. The number of hydrogen-bond donors (Lipinski definition) is 1. The molecule has 0 bridgehead atoms. The third kappa shape index (κ3) is 1.79. The van der Waals surface area contributed by atoms with Crippen molar-refractivity contribution in [1.29, 1.82) is 0 Å². The summed E-state index contributed by atoms with van der Waals surface area (Å²) < 4.78 is 0.751. The van der Waals surface area contributed by atoms with Gasteiger partial charge in [0.2, 0.25) is 0 Å². The van der Waals surface area contributed by atoms with E-state index in [0.717, 1.165) is 9.37 Å². The highest BCUT2D eigenvalue weighted by Gasteiger charge is 2.43. The molecule has 0 atom stereocenters. The van der Waals surface area contributed by atoms with Gasteiger partial charge in [-0.3, -0.25) is 14.5 Å². The normalized spacial score (nSPS) is 15.4. The number of carbonyl (C=O) groups is 2. The molecule has 0 saturated carbocycles. The number of nitrogens with zero attached hydrogens (tertiary/aromatic N) is 1. The van der Waals surface area contributed by atoms with Crippen LogP contribution in [0.4, 0.5) is 0 Å². The van der Waals surface area contributed by atoms with Crippen molar-refractivity contribution < 1.29 is 14.7 Å². The van der Waals surface area contributed by atoms with Crippen molar-refractivity contribution in [2.75, 3.05) is 6.61 Å². The lowest BCUT2D eigenvalue weighted by molar-refractivity contribution is 0.0353. The van der Waals surface area contributed by atoms with E-state index in [-0.39, 0.29) is 18.4 Å². The minimum absolute atomic E-state index is 0.264. The van der Waals surface area contributed by atoms with Crippen LogP contribution in [0.3, 0.4) is 0 Å². The van der Waals surface area contributed by atoms with Gasteiger partial charge in [0.15, 0.2) is 0 Å². The molecule has 0 aromatic heterocycles. The van der Waals surface area contributed by atoms with E-state index in [1.807, 2.05) is 0 Å². The molecule has 0 saturated heterocycles. The van der Waals surface area contributed by atoms with Crippen molar-refractivity contribution in [2.45, 2.75) is 19.4 Å². The summed E-state index contributed by atoms with van der Waals surface area (Å²) in [6, 6.07) is 4.97. The van der Waals surface area contributed by atoms with Crippen LogP contribution in [0, 0.1) is 0 Å². The van der Waals surface area contributed by atoms with Crippen LogP contribution in [-0.2, 0) is 0 Å². The van der Waals surface area contributed by atoms with Gasteiger partial charge in [-0.1, -0.05) is 15.9 Å². The molecule has 5 heteroatoms. The zero-order valence-corrected chi connectivity index (χ0v) is 11.1. The standard InChI is InChI=1S/C12H12BrNO3/c1-12(2,6-15)14-10(16)8-4-3-7(13)5-9(8)11(14)17/h3-5,15H,6H2,1-2H3. The van der Waals surface area contributed by atoms with E-state index in [2.05, 4.69) is 15.9 Å². The Labute approximate surface area is 107 Å². The lowest BCUT2D eigenvalue weighted by Crippen LogP contribution is -2.50. The Morgan fingerprint density at radius 1 is 1.24 bits per heavy atom. The van der Waals surface area contributed by atoms with Gasteiger partial charge in [0.05, 0.1) is 23.3 Å². The first kappa shape index (κ1) is 12.3. The second-order valence-corrected chi connectivity index (χ2v) is 5.52. The summed E-state index contributed by atoms with van der Waals surface area (Å²) in [5.41, 5.74) is -0.120. The second kappa shape index (κ2) is 3.92. The lowest BCUT2D eigenvalue weighted by atomic mass is 10.0. The maximum Gasteiger partial charge on any atom is 0.262 e. The summed E-state index contributed by atoms with van der Waals surface area (Å²) in [5.74, 6) is -0.707. The third-order valence-electron chi connectivity index (χ3n) is 2.84. The summed E-state index contributed by atoms with van der Waals surface area (Å²) in [5, 5.41) is 9.27. The molecule has 2 amide bonds. The predicted molar refractivity (Wildman–Crippen MR) is 65.8 cm³/mol. The Balaban J connectivity index is 2.53. The SMILES string of the molecule is CC(C)(CO)N1C(=O)c2ccc(Br)cc2C1=O. The maximum absolute atomic E-state index is 12.1. The molecule has 0 radical (unpaired) electrons. The molecule has 1 heterocycles. The fraction of sp³-hybridized carbons (Fsp3) is 0.333. The highest BCUT2D eigenvalue weighted by molar-refractivity contribution is 9.10. The Kier molecular flexibility index (Phi) is 2.83. The van der Waals surface area contributed by atoms with E-state index >= 15 is 0 Å². The van der Waals surface area contributed by atoms with Crippen molar-refractivity contribution in [3.63, 3.8) is 0 Å². The Morgan fingerprint density at radius 2 is 1.82 bits per heavy atom. The average Bonchev–Trinajstić information content (AvgIpc) is 2.52. The number of imide groups is 1. The molecule has 0 aliphatic carbocycles. The van der Waals surface area contributed by atoms with Gasteiger partial charge in [-0.15, -0.1) is 0 Å². The number of benzene rings is 1. The quantitative estimate of drug-likeness (QED) is 0.847. The van der Waals surface area contributed by atoms with Crippen molar-refractivity contribution >= 4 is 27.7 Å². The highest BCUT2D eigenvalue weighted by Crippen LogP contribution is 2.30. The topological polar surface area (TPSA) is 57.6 Å². The smallest absolute Gasteiger partial charge is 0.262 e. The molecular formula is C12H12BrNO3. The van der Waals surface area contributed by atoms with Gasteiger partial charge in [0, 0.05) is 4.47 Å². The summed E-state index contributed by atoms with van der Waals surface area (Å²) in [4.78, 5) is 25.4. The van der Waals surface area contributed by atoms with E-state index in [1.54, 1.807) is 32.0 Å². The van der Waals surface area contributed by atoms with Gasteiger partial charge in [-0.2, -0.15) is 0 Å². The highest BCUT2D eigenvalue weighted by atomic mass is 79.9. The van der Waals surface area contributed by atoms with Crippen LogP contribution in [-0.4, -0.2) is 34.0 Å². The monoisotopic (exact) mass is 297 g/mol. The Morgan fingerprint density at radius 3 is 2.41 bits per heavy atom. The molecule has 1 aliphatic rings. The molecule has 4 nitrogen and oxygen atoms in total. The van der Waals surface area contributed by atoms with Crippen LogP contribution in [0.15, 0.2) is 22.7 Å². The van der Waals surface area contributed by atoms with Gasteiger partial charge >= 0.3 is 0 Å². The van der Waals surface area contributed by atoms with Crippen LogP contribution >= 0.6 is 15.9 Å². The number of fused-ring (bicyclic) bond motifs is 1. The predicted octanol–water partition coefficient (Wildman–Crippen LogP) is 1.82. The zero-order chi connectivity index (χ0) is 12.8. The second-order valence-electron chi connectivity index (χ2n) is 4.61. The van der Waals surface area contributed by atoms with Crippen molar-refractivity contribution in [1.82, 2.24) is 4.90 Å². The minimum atomic E-state index is -0.889. The molecule has 1 aliphatic heterocycles. The third-order valence-corrected chi connectivity index (χ3v) is 3.33. The molecule has 0 unspecified atom stereocenters. The fourth-order valence-electron chi connectivity index (χ4n) is 1.83. The summed E-state index contributed by atoms with van der Waals surface area (Å²) in [6.45, 7) is 3.05. The molecule has 90 valence electrons. The summed E-state index contributed by atoms with van der Waals surface area (Å²) >= 11 is 3.27. The maximum atomic E-state index is 12.1. The molecule has 1 aromatic rings. The number of amides is 2. The lowest BCUT2D eigenvalue weighted by Gasteiger charge is -2.31. The number of aliphatic hydroxyl groups is 1. The van der Waals surface area contributed by atoms with Gasteiger partial charge < -0.3 is 5.11 Å². The first-order valence-electron chi connectivity index (χ1n) is 5.18. The molecule has 2 rings (SSSR count). The first-order chi connectivity index (χ1) is 7.88. The van der Waals surface area contributed by atoms with Gasteiger partial charge in [0.1, 0.15) is 0 Å². The fourth-order valence-corrected chi connectivity index (χ4v) is 2.19. The van der Waals surface area contributed by atoms with Crippen molar-refractivity contribution in [2.24, 2.45) is 0 Å². The van der Waals surface area contributed by atoms with Crippen LogP contribution in [0.5, 0.6) is 0 Å². The summed E-state index contributed by atoms with van der Waals surface area (Å²) in [7, 11) is 0. The number of carbonyl (C=O) groups excluding carboxylic acids is 2. The number of halogens is 1. The van der Waals surface area contributed by atoms with Gasteiger partial charge in [-0.05, 0) is 32.0 Å². The van der Waals surface area contributed by atoms with Crippen molar-refractivity contribution in [3.8, 4) is 0 Å². The largest absolute Gasteiger partial charge is 0.394 e. The Bertz CT molecular complexity index is 510. The van der Waals surface area contributed by atoms with Crippen molar-refractivity contribution in [3.05, 3.63) is 33.8 Å². The average molecular weight is 298 g/mol. The van der Waals surface area contributed by atoms with Crippen LogP contribution in [0.25, 0.3) is 0 Å². The van der Waals surface area contributed by atoms with Crippen LogP contribution in [0.2, 0.25) is 0 Å². The molecular weight excluding hydrogens is 286 g/mol. The first-order valence-corrected chi connectivity index (χ1v) is 5.97. The van der Waals surface area contributed by atoms with E-state index in [0.29, 0.717) is 11.1 Å². The van der Waals surface area contributed by atoms with Gasteiger partial charge in [0.25, 0.3) is 11.8 Å². The van der Waals surface area contributed by atoms with E-state index in [1.165, 1.54) is 0 Å². The van der Waals surface area contributed by atoms with E-state index in [9.17, 15) is 14.7 Å². The van der Waals surface area contributed by atoms with E-state index < -0.39 is 5.54 Å². The van der Waals surface area contributed by atoms with Crippen LogP contribution < -0.4 is 0 Å². The van der Waals surface area contributed by atoms with Gasteiger partial charge in [-0.25, -0.2) is 0 Å². The molecule has 0 spiro atoms. The van der Waals surface area contributed by atoms with Crippen LogP contribution in [0.1, 0.15) is 34.6 Å².